The minimum Gasteiger partial charge on any atom is -0.295 e. The van der Waals surface area contributed by atoms with Crippen molar-refractivity contribution in [1.29, 1.82) is 0 Å². The Morgan fingerprint density at radius 1 is 1.32 bits per heavy atom. The lowest BCUT2D eigenvalue weighted by Gasteiger charge is -2.18. The monoisotopic (exact) mass is 321 g/mol. The minimum absolute atomic E-state index is 0.0294. The summed E-state index contributed by atoms with van der Waals surface area (Å²) in [5.41, 5.74) is 0.547. The summed E-state index contributed by atoms with van der Waals surface area (Å²) in [5, 5.41) is 0. The Kier molecular flexibility index (Phi) is 3.48. The van der Waals surface area contributed by atoms with E-state index in [1.165, 1.54) is 12.1 Å². The molecule has 2 aliphatic rings. The highest BCUT2D eigenvalue weighted by molar-refractivity contribution is 7.94. The summed E-state index contributed by atoms with van der Waals surface area (Å²) in [6.45, 7) is 2.83. The summed E-state index contributed by atoms with van der Waals surface area (Å²) in [7, 11) is -3.63. The van der Waals surface area contributed by atoms with Crippen molar-refractivity contribution in [2.24, 2.45) is 4.99 Å². The van der Waals surface area contributed by atoms with Crippen LogP contribution in [-0.2, 0) is 14.8 Å². The van der Waals surface area contributed by atoms with Crippen LogP contribution < -0.4 is 4.31 Å². The lowest BCUT2D eigenvalue weighted by molar-refractivity contribution is -0.116. The third kappa shape index (κ3) is 2.39. The van der Waals surface area contributed by atoms with Crippen LogP contribution in [0.4, 0.5) is 5.69 Å². The van der Waals surface area contributed by atoms with Crippen LogP contribution in [-0.4, -0.2) is 49.8 Å². The maximum atomic E-state index is 12.5. The Morgan fingerprint density at radius 3 is 2.68 bits per heavy atom. The van der Waals surface area contributed by atoms with Gasteiger partial charge in [-0.05, 0) is 25.1 Å². The summed E-state index contributed by atoms with van der Waals surface area (Å²) in [4.78, 5) is 30.0. The molecule has 116 valence electrons. The standard InChI is InChI=1S/C14H15N3O4S/c1-10-15-6-7-16(10)14(19)11-3-2-4-12(9-11)17-13(18)5-8-22(17,20)21/h2-4,9H,5-8H2,1H3. The van der Waals surface area contributed by atoms with Gasteiger partial charge in [-0.1, -0.05) is 6.07 Å². The average molecular weight is 321 g/mol. The van der Waals surface area contributed by atoms with Crippen molar-refractivity contribution in [3.05, 3.63) is 29.8 Å². The van der Waals surface area contributed by atoms with Crippen LogP contribution in [0.25, 0.3) is 0 Å². The van der Waals surface area contributed by atoms with E-state index in [9.17, 15) is 18.0 Å². The molecule has 0 aromatic heterocycles. The number of hydrogen-bond acceptors (Lipinski definition) is 5. The first-order valence-corrected chi connectivity index (χ1v) is 8.50. The van der Waals surface area contributed by atoms with E-state index < -0.39 is 15.9 Å². The van der Waals surface area contributed by atoms with Crippen LogP contribution >= 0.6 is 0 Å². The SMILES string of the molecule is CC1=NCCN1C(=O)c1cccc(N2C(=O)CCS2(=O)=O)c1. The molecule has 0 aliphatic carbocycles. The Hall–Kier alpha value is -2.22. The number of nitrogens with zero attached hydrogens (tertiary/aromatic N) is 3. The molecular formula is C14H15N3O4S. The van der Waals surface area contributed by atoms with E-state index in [2.05, 4.69) is 4.99 Å². The van der Waals surface area contributed by atoms with Gasteiger partial charge < -0.3 is 0 Å². The zero-order valence-corrected chi connectivity index (χ0v) is 12.8. The molecule has 2 heterocycles. The van der Waals surface area contributed by atoms with E-state index in [0.717, 1.165) is 4.31 Å². The summed E-state index contributed by atoms with van der Waals surface area (Å²) in [5.74, 6) is -0.268. The quantitative estimate of drug-likeness (QED) is 0.799. The highest BCUT2D eigenvalue weighted by Crippen LogP contribution is 2.26. The Balaban J connectivity index is 1.95. The second-order valence-corrected chi connectivity index (χ2v) is 7.10. The van der Waals surface area contributed by atoms with Crippen molar-refractivity contribution in [3.8, 4) is 0 Å². The molecule has 7 nitrogen and oxygen atoms in total. The van der Waals surface area contributed by atoms with Crippen molar-refractivity contribution in [2.45, 2.75) is 13.3 Å². The number of benzene rings is 1. The molecule has 1 aromatic rings. The third-order valence-electron chi connectivity index (χ3n) is 3.71. The summed E-state index contributed by atoms with van der Waals surface area (Å²) in [6.07, 6.45) is -0.0294. The number of anilines is 1. The van der Waals surface area contributed by atoms with E-state index in [1.807, 2.05) is 0 Å². The van der Waals surface area contributed by atoms with Crippen molar-refractivity contribution in [2.75, 3.05) is 23.1 Å². The predicted octanol–water partition coefficient (Wildman–Crippen LogP) is 0.627. The van der Waals surface area contributed by atoms with Crippen LogP contribution in [0, 0.1) is 0 Å². The maximum absolute atomic E-state index is 12.5. The number of aliphatic imine (C=N–C) groups is 1. The van der Waals surface area contributed by atoms with E-state index in [0.29, 0.717) is 24.5 Å². The summed E-state index contributed by atoms with van der Waals surface area (Å²) >= 11 is 0. The minimum atomic E-state index is -3.63. The largest absolute Gasteiger partial charge is 0.295 e. The number of amides is 2. The molecule has 22 heavy (non-hydrogen) atoms. The molecule has 8 heteroatoms. The Bertz CT molecular complexity index is 785. The van der Waals surface area contributed by atoms with Crippen LogP contribution in [0.5, 0.6) is 0 Å². The van der Waals surface area contributed by atoms with Gasteiger partial charge in [-0.3, -0.25) is 19.5 Å². The molecule has 1 saturated heterocycles. The number of hydrogen-bond donors (Lipinski definition) is 0. The Labute approximate surface area is 128 Å². The van der Waals surface area contributed by atoms with Crippen molar-refractivity contribution in [3.63, 3.8) is 0 Å². The van der Waals surface area contributed by atoms with E-state index >= 15 is 0 Å². The molecule has 0 spiro atoms. The van der Waals surface area contributed by atoms with Gasteiger partial charge >= 0.3 is 0 Å². The van der Waals surface area contributed by atoms with Gasteiger partial charge in [0.15, 0.2) is 0 Å². The molecule has 2 aliphatic heterocycles. The molecule has 0 bridgehead atoms. The number of sulfonamides is 1. The van der Waals surface area contributed by atoms with Crippen LogP contribution in [0.15, 0.2) is 29.3 Å². The molecule has 0 unspecified atom stereocenters. The molecular weight excluding hydrogens is 306 g/mol. The average Bonchev–Trinajstić information content (AvgIpc) is 3.01. The molecule has 0 radical (unpaired) electrons. The van der Waals surface area contributed by atoms with Gasteiger partial charge in [0.2, 0.25) is 15.9 Å². The fraction of sp³-hybridized carbons (Fsp3) is 0.357. The van der Waals surface area contributed by atoms with Crippen LogP contribution in [0.3, 0.4) is 0 Å². The molecule has 3 rings (SSSR count). The molecule has 0 atom stereocenters. The fourth-order valence-electron chi connectivity index (χ4n) is 2.60. The van der Waals surface area contributed by atoms with Gasteiger partial charge in [0, 0.05) is 18.5 Å². The van der Waals surface area contributed by atoms with Crippen LogP contribution in [0.1, 0.15) is 23.7 Å². The lowest BCUT2D eigenvalue weighted by atomic mass is 10.1. The molecule has 1 aromatic carbocycles. The van der Waals surface area contributed by atoms with E-state index in [-0.39, 0.29) is 23.8 Å². The van der Waals surface area contributed by atoms with Gasteiger partial charge in [-0.25, -0.2) is 12.7 Å². The number of rotatable bonds is 2. The van der Waals surface area contributed by atoms with E-state index in [4.69, 9.17) is 0 Å². The van der Waals surface area contributed by atoms with Gasteiger partial charge in [0.05, 0.1) is 18.0 Å². The predicted molar refractivity (Wildman–Crippen MR) is 81.3 cm³/mol. The lowest BCUT2D eigenvalue weighted by Crippen LogP contribution is -2.33. The van der Waals surface area contributed by atoms with Crippen molar-refractivity contribution in [1.82, 2.24) is 4.90 Å². The number of carbonyl (C=O) groups excluding carboxylic acids is 2. The summed E-state index contributed by atoms with van der Waals surface area (Å²) in [6, 6.07) is 6.13. The Morgan fingerprint density at radius 2 is 2.09 bits per heavy atom. The first kappa shape index (κ1) is 14.7. The van der Waals surface area contributed by atoms with Crippen LogP contribution in [0.2, 0.25) is 0 Å². The molecule has 0 N–H and O–H groups in total. The highest BCUT2D eigenvalue weighted by atomic mass is 32.2. The normalized spacial score (nSPS) is 20.4. The maximum Gasteiger partial charge on any atom is 0.259 e. The number of carbonyl (C=O) groups is 2. The topological polar surface area (TPSA) is 87.1 Å². The van der Waals surface area contributed by atoms with Gasteiger partial charge in [-0.2, -0.15) is 0 Å². The zero-order valence-electron chi connectivity index (χ0n) is 12.0. The first-order chi connectivity index (χ1) is 10.4. The molecule has 0 saturated carbocycles. The van der Waals surface area contributed by atoms with Gasteiger partial charge in [0.25, 0.3) is 5.91 Å². The van der Waals surface area contributed by atoms with Gasteiger partial charge in [0.1, 0.15) is 5.84 Å². The third-order valence-corrected chi connectivity index (χ3v) is 5.40. The van der Waals surface area contributed by atoms with Crippen molar-refractivity contribution >= 4 is 33.4 Å². The fourth-order valence-corrected chi connectivity index (χ4v) is 4.05. The summed E-state index contributed by atoms with van der Waals surface area (Å²) < 4.78 is 24.7. The molecule has 2 amide bonds. The van der Waals surface area contributed by atoms with E-state index in [1.54, 1.807) is 24.0 Å². The second kappa shape index (κ2) is 5.20. The first-order valence-electron chi connectivity index (χ1n) is 6.89. The smallest absolute Gasteiger partial charge is 0.259 e. The van der Waals surface area contributed by atoms with Gasteiger partial charge in [-0.15, -0.1) is 0 Å². The van der Waals surface area contributed by atoms with Crippen molar-refractivity contribution < 1.29 is 18.0 Å². The number of amidine groups is 1. The highest BCUT2D eigenvalue weighted by Gasteiger charge is 2.36. The molecule has 1 fully saturated rings. The second-order valence-electron chi connectivity index (χ2n) is 5.16. The zero-order chi connectivity index (χ0) is 15.9.